The summed E-state index contributed by atoms with van der Waals surface area (Å²) in [6.45, 7) is 0.352. The van der Waals surface area contributed by atoms with E-state index in [1.807, 2.05) is 72.8 Å². The Balaban J connectivity index is 1.54. The van der Waals surface area contributed by atoms with Crippen LogP contribution in [0.25, 0.3) is 21.5 Å². The lowest BCUT2D eigenvalue weighted by atomic mass is 10.1. The van der Waals surface area contributed by atoms with E-state index in [9.17, 15) is 4.79 Å². The molecule has 0 N–H and O–H groups in total. The molecule has 0 saturated heterocycles. The molecule has 5 nitrogen and oxygen atoms in total. The molecule has 2 heterocycles. The lowest BCUT2D eigenvalue weighted by Crippen LogP contribution is -2.30. The summed E-state index contributed by atoms with van der Waals surface area (Å²) >= 11 is 7.73. The standard InChI is InChI=1S/C24H16ClN3O2S/c25-18-12-7-13-21-22(18)26-24(31-21)28(15-16-8-3-1-4-9-16)23(29)19-14-20(30-27-19)17-10-5-2-6-11-17/h1-14H,15H2. The molecule has 7 heteroatoms. The van der Waals surface area contributed by atoms with Crippen LogP contribution in [0.1, 0.15) is 16.1 Å². The van der Waals surface area contributed by atoms with Crippen LogP contribution in [0.3, 0.4) is 0 Å². The molecular formula is C24H16ClN3O2S. The van der Waals surface area contributed by atoms with Gasteiger partial charge in [0.05, 0.1) is 16.3 Å². The summed E-state index contributed by atoms with van der Waals surface area (Å²) in [6, 6.07) is 26.6. The molecule has 0 aliphatic rings. The molecule has 0 radical (unpaired) electrons. The first-order valence-corrected chi connectivity index (χ1v) is 10.8. The van der Waals surface area contributed by atoms with Crippen molar-refractivity contribution in [2.45, 2.75) is 6.54 Å². The van der Waals surface area contributed by atoms with Gasteiger partial charge in [0.1, 0.15) is 5.52 Å². The molecule has 2 aromatic heterocycles. The van der Waals surface area contributed by atoms with E-state index in [1.54, 1.807) is 17.0 Å². The summed E-state index contributed by atoms with van der Waals surface area (Å²) in [7, 11) is 0. The number of amides is 1. The van der Waals surface area contributed by atoms with Gasteiger partial charge >= 0.3 is 0 Å². The Morgan fingerprint density at radius 2 is 1.71 bits per heavy atom. The third kappa shape index (κ3) is 3.95. The van der Waals surface area contributed by atoms with Gasteiger partial charge in [0.15, 0.2) is 16.6 Å². The van der Waals surface area contributed by atoms with Crippen molar-refractivity contribution >= 4 is 44.2 Å². The Morgan fingerprint density at radius 3 is 2.45 bits per heavy atom. The molecular weight excluding hydrogens is 430 g/mol. The van der Waals surface area contributed by atoms with Crippen molar-refractivity contribution in [1.29, 1.82) is 0 Å². The number of hydrogen-bond donors (Lipinski definition) is 0. The molecule has 31 heavy (non-hydrogen) atoms. The monoisotopic (exact) mass is 445 g/mol. The fourth-order valence-corrected chi connectivity index (χ4v) is 4.53. The zero-order valence-electron chi connectivity index (χ0n) is 16.2. The van der Waals surface area contributed by atoms with Crippen LogP contribution in [0.5, 0.6) is 0 Å². The normalized spacial score (nSPS) is 11.0. The molecule has 5 rings (SSSR count). The maximum atomic E-state index is 13.5. The number of benzene rings is 3. The molecule has 0 atom stereocenters. The third-order valence-electron chi connectivity index (χ3n) is 4.81. The smallest absolute Gasteiger partial charge is 0.282 e. The minimum absolute atomic E-state index is 0.222. The van der Waals surface area contributed by atoms with E-state index in [1.165, 1.54) is 11.3 Å². The average molecular weight is 446 g/mol. The van der Waals surface area contributed by atoms with Crippen molar-refractivity contribution in [1.82, 2.24) is 10.1 Å². The van der Waals surface area contributed by atoms with E-state index in [0.717, 1.165) is 15.8 Å². The fraction of sp³-hybridized carbons (Fsp3) is 0.0417. The molecule has 3 aromatic carbocycles. The van der Waals surface area contributed by atoms with Crippen molar-refractivity contribution in [3.63, 3.8) is 0 Å². The number of rotatable bonds is 5. The van der Waals surface area contributed by atoms with Gasteiger partial charge in [-0.05, 0) is 17.7 Å². The highest BCUT2D eigenvalue weighted by Crippen LogP contribution is 2.34. The molecule has 5 aromatic rings. The third-order valence-corrected chi connectivity index (χ3v) is 6.15. The van der Waals surface area contributed by atoms with Crippen LogP contribution in [0.4, 0.5) is 5.13 Å². The molecule has 1 amide bonds. The van der Waals surface area contributed by atoms with E-state index in [0.29, 0.717) is 28.0 Å². The molecule has 0 unspecified atom stereocenters. The van der Waals surface area contributed by atoms with E-state index in [4.69, 9.17) is 16.1 Å². The predicted molar refractivity (Wildman–Crippen MR) is 124 cm³/mol. The first-order chi connectivity index (χ1) is 15.2. The Labute approximate surface area is 187 Å². The van der Waals surface area contributed by atoms with Gasteiger partial charge in [-0.15, -0.1) is 0 Å². The molecule has 0 aliphatic heterocycles. The number of carbonyl (C=O) groups excluding carboxylic acids is 1. The van der Waals surface area contributed by atoms with Crippen LogP contribution in [-0.2, 0) is 6.54 Å². The largest absolute Gasteiger partial charge is 0.355 e. The van der Waals surface area contributed by atoms with Crippen molar-refractivity contribution in [3.8, 4) is 11.3 Å². The summed E-state index contributed by atoms with van der Waals surface area (Å²) in [4.78, 5) is 19.8. The van der Waals surface area contributed by atoms with Gasteiger partial charge < -0.3 is 4.52 Å². The number of thiazole rings is 1. The number of carbonyl (C=O) groups is 1. The number of halogens is 1. The molecule has 0 aliphatic carbocycles. The average Bonchev–Trinajstić information content (AvgIpc) is 3.47. The summed E-state index contributed by atoms with van der Waals surface area (Å²) in [6.07, 6.45) is 0. The second kappa shape index (κ2) is 8.34. The number of para-hydroxylation sites is 1. The van der Waals surface area contributed by atoms with Crippen LogP contribution in [0, 0.1) is 0 Å². The van der Waals surface area contributed by atoms with E-state index in [2.05, 4.69) is 10.1 Å². The summed E-state index contributed by atoms with van der Waals surface area (Å²) < 4.78 is 6.37. The van der Waals surface area contributed by atoms with Crippen LogP contribution in [-0.4, -0.2) is 16.0 Å². The second-order valence-electron chi connectivity index (χ2n) is 6.90. The SMILES string of the molecule is O=C(c1cc(-c2ccccc2)on1)N(Cc1ccccc1)c1nc2c(Cl)cccc2s1. The first-order valence-electron chi connectivity index (χ1n) is 9.62. The molecule has 152 valence electrons. The molecule has 0 spiro atoms. The van der Waals surface area contributed by atoms with Gasteiger partial charge in [-0.3, -0.25) is 9.69 Å². The lowest BCUT2D eigenvalue weighted by molar-refractivity contribution is 0.0976. The van der Waals surface area contributed by atoms with Crippen LogP contribution < -0.4 is 4.90 Å². The number of hydrogen-bond acceptors (Lipinski definition) is 5. The minimum Gasteiger partial charge on any atom is -0.355 e. The lowest BCUT2D eigenvalue weighted by Gasteiger charge is -2.18. The van der Waals surface area contributed by atoms with E-state index >= 15 is 0 Å². The van der Waals surface area contributed by atoms with E-state index in [-0.39, 0.29) is 11.6 Å². The number of anilines is 1. The van der Waals surface area contributed by atoms with E-state index < -0.39 is 0 Å². The number of aromatic nitrogens is 2. The summed E-state index contributed by atoms with van der Waals surface area (Å²) in [5, 5.41) is 5.15. The molecule has 0 bridgehead atoms. The maximum absolute atomic E-state index is 13.5. The summed E-state index contributed by atoms with van der Waals surface area (Å²) in [5.74, 6) is 0.251. The Hall–Kier alpha value is -3.48. The highest BCUT2D eigenvalue weighted by molar-refractivity contribution is 7.22. The first kappa shape index (κ1) is 19.5. The van der Waals surface area contributed by atoms with Gasteiger partial charge in [-0.1, -0.05) is 94.8 Å². The summed E-state index contributed by atoms with van der Waals surface area (Å²) in [5.41, 5.74) is 2.74. The minimum atomic E-state index is -0.287. The predicted octanol–water partition coefficient (Wildman–Crippen LogP) is 6.45. The molecule has 0 fully saturated rings. The van der Waals surface area contributed by atoms with Crippen molar-refractivity contribution in [2.75, 3.05) is 4.90 Å². The number of fused-ring (bicyclic) bond motifs is 1. The highest BCUT2D eigenvalue weighted by atomic mass is 35.5. The van der Waals surface area contributed by atoms with Crippen molar-refractivity contribution in [2.24, 2.45) is 0 Å². The van der Waals surface area contributed by atoms with Crippen molar-refractivity contribution in [3.05, 3.63) is 101 Å². The second-order valence-corrected chi connectivity index (χ2v) is 8.32. The highest BCUT2D eigenvalue weighted by Gasteiger charge is 2.25. The maximum Gasteiger partial charge on any atom is 0.282 e. The Morgan fingerprint density at radius 1 is 0.968 bits per heavy atom. The van der Waals surface area contributed by atoms with Gasteiger partial charge in [0.2, 0.25) is 0 Å². The van der Waals surface area contributed by atoms with Gasteiger partial charge in [0, 0.05) is 11.6 Å². The molecule has 0 saturated carbocycles. The van der Waals surface area contributed by atoms with Gasteiger partial charge in [0.25, 0.3) is 5.91 Å². The topological polar surface area (TPSA) is 59.2 Å². The zero-order chi connectivity index (χ0) is 21.2. The Bertz CT molecular complexity index is 1350. The van der Waals surface area contributed by atoms with Crippen LogP contribution in [0.2, 0.25) is 5.02 Å². The van der Waals surface area contributed by atoms with Crippen LogP contribution >= 0.6 is 22.9 Å². The van der Waals surface area contributed by atoms with Crippen molar-refractivity contribution < 1.29 is 9.32 Å². The zero-order valence-corrected chi connectivity index (χ0v) is 17.8. The Kier molecular flexibility index (Phi) is 5.24. The fourth-order valence-electron chi connectivity index (χ4n) is 3.26. The number of nitrogens with zero attached hydrogens (tertiary/aromatic N) is 3. The quantitative estimate of drug-likeness (QED) is 0.312. The van der Waals surface area contributed by atoms with Gasteiger partial charge in [-0.2, -0.15) is 0 Å². The van der Waals surface area contributed by atoms with Crippen LogP contribution in [0.15, 0.2) is 89.5 Å². The van der Waals surface area contributed by atoms with Gasteiger partial charge in [-0.25, -0.2) is 4.98 Å².